The molecule has 0 saturated carbocycles. The first-order chi connectivity index (χ1) is 13.0. The Balaban J connectivity index is 1.52. The van der Waals surface area contributed by atoms with Crippen LogP contribution >= 0.6 is 23.2 Å². The number of rotatable bonds is 2. The third-order valence-corrected chi connectivity index (χ3v) is 5.76. The lowest BCUT2D eigenvalue weighted by Gasteiger charge is -2.40. The number of morpholine rings is 1. The van der Waals surface area contributed by atoms with E-state index in [1.165, 1.54) is 6.33 Å². The molecule has 0 aliphatic carbocycles. The molecule has 1 fully saturated rings. The van der Waals surface area contributed by atoms with Crippen LogP contribution in [0.2, 0.25) is 10.0 Å². The topological polar surface area (TPSA) is 58.6 Å². The lowest BCUT2D eigenvalue weighted by atomic mass is 9.93. The van der Waals surface area contributed by atoms with Crippen LogP contribution in [0.25, 0.3) is 0 Å². The molecular weight excluding hydrogens is 387 g/mol. The molecule has 1 saturated heterocycles. The standard InChI is InChI=1S/C19H20Cl2N4O2/c1-12-18-13(6-14(20)7-16(18)21)2-3-25(12)19(26)17-10-24(4-5-27-17)15-8-22-11-23-9-15/h6-9,11-12,17H,2-5,10H2,1H3/t12-,17+/m0/s1. The second kappa shape index (κ2) is 7.62. The van der Waals surface area contributed by atoms with E-state index >= 15 is 0 Å². The number of benzene rings is 1. The number of carbonyl (C=O) groups is 1. The van der Waals surface area contributed by atoms with E-state index < -0.39 is 6.10 Å². The maximum absolute atomic E-state index is 13.2. The highest BCUT2D eigenvalue weighted by Crippen LogP contribution is 2.37. The fourth-order valence-corrected chi connectivity index (χ4v) is 4.57. The predicted octanol–water partition coefficient (Wildman–Crippen LogP) is 3.13. The normalized spacial score (nSPS) is 22.5. The molecule has 27 heavy (non-hydrogen) atoms. The summed E-state index contributed by atoms with van der Waals surface area (Å²) in [4.78, 5) is 25.3. The molecule has 0 N–H and O–H groups in total. The quantitative estimate of drug-likeness (QED) is 0.766. The van der Waals surface area contributed by atoms with Gasteiger partial charge in [0.1, 0.15) is 6.33 Å². The van der Waals surface area contributed by atoms with Crippen molar-refractivity contribution in [2.75, 3.05) is 31.1 Å². The minimum atomic E-state index is -0.519. The van der Waals surface area contributed by atoms with Crippen molar-refractivity contribution in [2.45, 2.75) is 25.5 Å². The summed E-state index contributed by atoms with van der Waals surface area (Å²) in [5.41, 5.74) is 2.98. The fraction of sp³-hybridized carbons (Fsp3) is 0.421. The van der Waals surface area contributed by atoms with Crippen LogP contribution in [-0.2, 0) is 16.0 Å². The van der Waals surface area contributed by atoms with Gasteiger partial charge in [-0.3, -0.25) is 4.79 Å². The van der Waals surface area contributed by atoms with Crippen molar-refractivity contribution in [2.24, 2.45) is 0 Å². The number of hydrogen-bond acceptors (Lipinski definition) is 5. The Kier molecular flexibility index (Phi) is 5.21. The smallest absolute Gasteiger partial charge is 0.254 e. The molecule has 2 aromatic rings. The van der Waals surface area contributed by atoms with Crippen molar-refractivity contribution >= 4 is 34.8 Å². The van der Waals surface area contributed by atoms with Gasteiger partial charge in [-0.05, 0) is 36.6 Å². The molecule has 2 aliphatic rings. The van der Waals surface area contributed by atoms with Crippen LogP contribution in [0.4, 0.5) is 5.69 Å². The maximum atomic E-state index is 13.2. The minimum Gasteiger partial charge on any atom is -0.365 e. The monoisotopic (exact) mass is 406 g/mol. The number of fused-ring (bicyclic) bond motifs is 1. The Labute approximate surface area is 168 Å². The van der Waals surface area contributed by atoms with Gasteiger partial charge in [0, 0.05) is 23.1 Å². The molecule has 1 amide bonds. The van der Waals surface area contributed by atoms with E-state index in [4.69, 9.17) is 27.9 Å². The van der Waals surface area contributed by atoms with Gasteiger partial charge in [0.15, 0.2) is 6.10 Å². The number of ether oxygens (including phenoxy) is 1. The van der Waals surface area contributed by atoms with Crippen molar-refractivity contribution in [3.8, 4) is 0 Å². The summed E-state index contributed by atoms with van der Waals surface area (Å²) in [5, 5.41) is 1.23. The van der Waals surface area contributed by atoms with Crippen LogP contribution in [-0.4, -0.2) is 53.1 Å². The average molecular weight is 407 g/mol. The predicted molar refractivity (Wildman–Crippen MR) is 104 cm³/mol. The van der Waals surface area contributed by atoms with Gasteiger partial charge in [0.2, 0.25) is 0 Å². The number of nitrogens with zero attached hydrogens (tertiary/aromatic N) is 4. The van der Waals surface area contributed by atoms with Gasteiger partial charge >= 0.3 is 0 Å². The highest BCUT2D eigenvalue weighted by molar-refractivity contribution is 6.35. The summed E-state index contributed by atoms with van der Waals surface area (Å²) in [6, 6.07) is 3.56. The average Bonchev–Trinajstić information content (AvgIpc) is 2.68. The first-order valence-electron chi connectivity index (χ1n) is 8.94. The van der Waals surface area contributed by atoms with E-state index in [0.29, 0.717) is 36.3 Å². The Hall–Kier alpha value is -1.89. The van der Waals surface area contributed by atoms with E-state index in [9.17, 15) is 4.79 Å². The Bertz CT molecular complexity index is 849. The fourth-order valence-electron chi connectivity index (χ4n) is 3.88. The number of anilines is 1. The zero-order valence-corrected chi connectivity index (χ0v) is 16.5. The molecule has 2 aliphatic heterocycles. The summed E-state index contributed by atoms with van der Waals surface area (Å²) >= 11 is 12.5. The molecule has 8 heteroatoms. The lowest BCUT2D eigenvalue weighted by molar-refractivity contribution is -0.147. The number of carbonyl (C=O) groups excluding carboxylic acids is 1. The van der Waals surface area contributed by atoms with E-state index in [1.807, 2.05) is 17.9 Å². The Morgan fingerprint density at radius 2 is 2.00 bits per heavy atom. The van der Waals surface area contributed by atoms with E-state index in [-0.39, 0.29) is 11.9 Å². The summed E-state index contributed by atoms with van der Waals surface area (Å²) in [6.45, 7) is 4.30. The molecule has 1 aromatic heterocycles. The summed E-state index contributed by atoms with van der Waals surface area (Å²) in [5.74, 6) is -0.0132. The molecule has 142 valence electrons. The number of hydrogen-bond donors (Lipinski definition) is 0. The largest absolute Gasteiger partial charge is 0.365 e. The van der Waals surface area contributed by atoms with Crippen LogP contribution in [0.15, 0.2) is 30.9 Å². The molecule has 0 radical (unpaired) electrons. The van der Waals surface area contributed by atoms with Crippen molar-refractivity contribution in [3.05, 3.63) is 52.0 Å². The zero-order valence-electron chi connectivity index (χ0n) is 14.9. The van der Waals surface area contributed by atoms with Crippen LogP contribution in [0, 0.1) is 0 Å². The van der Waals surface area contributed by atoms with Crippen LogP contribution in [0.1, 0.15) is 24.1 Å². The van der Waals surface area contributed by atoms with Gasteiger partial charge in [0.05, 0.1) is 37.3 Å². The third-order valence-electron chi connectivity index (χ3n) is 5.22. The molecular formula is C19H20Cl2N4O2. The van der Waals surface area contributed by atoms with Gasteiger partial charge in [-0.1, -0.05) is 23.2 Å². The van der Waals surface area contributed by atoms with Crippen molar-refractivity contribution < 1.29 is 9.53 Å². The van der Waals surface area contributed by atoms with Crippen LogP contribution < -0.4 is 4.90 Å². The van der Waals surface area contributed by atoms with Crippen LogP contribution in [0.3, 0.4) is 0 Å². The number of aromatic nitrogens is 2. The SMILES string of the molecule is C[C@H]1c2c(Cl)cc(Cl)cc2CCN1C(=O)[C@H]1CN(c2cncnc2)CCO1. The van der Waals surface area contributed by atoms with Gasteiger partial charge < -0.3 is 14.5 Å². The van der Waals surface area contributed by atoms with E-state index in [0.717, 1.165) is 23.2 Å². The van der Waals surface area contributed by atoms with Crippen molar-refractivity contribution in [3.63, 3.8) is 0 Å². The molecule has 0 unspecified atom stereocenters. The Morgan fingerprint density at radius 1 is 1.22 bits per heavy atom. The van der Waals surface area contributed by atoms with Gasteiger partial charge in [0.25, 0.3) is 5.91 Å². The minimum absolute atomic E-state index is 0.0132. The molecule has 1 aromatic carbocycles. The summed E-state index contributed by atoms with van der Waals surface area (Å²) in [6.07, 6.45) is 5.21. The molecule has 0 spiro atoms. The highest BCUT2D eigenvalue weighted by atomic mass is 35.5. The molecule has 4 rings (SSSR count). The molecule has 6 nitrogen and oxygen atoms in total. The Morgan fingerprint density at radius 3 is 2.78 bits per heavy atom. The third kappa shape index (κ3) is 3.61. The van der Waals surface area contributed by atoms with E-state index in [1.54, 1.807) is 18.5 Å². The molecule has 0 bridgehead atoms. The number of halogens is 2. The highest BCUT2D eigenvalue weighted by Gasteiger charge is 2.36. The van der Waals surface area contributed by atoms with Crippen LogP contribution in [0.5, 0.6) is 0 Å². The maximum Gasteiger partial charge on any atom is 0.254 e. The second-order valence-corrected chi connectivity index (χ2v) is 7.66. The van der Waals surface area contributed by atoms with Gasteiger partial charge in [-0.25, -0.2) is 9.97 Å². The van der Waals surface area contributed by atoms with Gasteiger partial charge in [-0.2, -0.15) is 0 Å². The molecule has 3 heterocycles. The van der Waals surface area contributed by atoms with Gasteiger partial charge in [-0.15, -0.1) is 0 Å². The second-order valence-electron chi connectivity index (χ2n) is 6.82. The lowest BCUT2D eigenvalue weighted by Crippen LogP contribution is -2.52. The summed E-state index contributed by atoms with van der Waals surface area (Å²) in [7, 11) is 0. The zero-order chi connectivity index (χ0) is 19.0. The molecule has 2 atom stereocenters. The first-order valence-corrected chi connectivity index (χ1v) is 9.70. The van der Waals surface area contributed by atoms with E-state index in [2.05, 4.69) is 14.9 Å². The summed E-state index contributed by atoms with van der Waals surface area (Å²) < 4.78 is 5.80. The van der Waals surface area contributed by atoms with Crippen molar-refractivity contribution in [1.82, 2.24) is 14.9 Å². The van der Waals surface area contributed by atoms with Crippen molar-refractivity contribution in [1.29, 1.82) is 0 Å². The number of amides is 1. The first kappa shape index (κ1) is 18.5.